The highest BCUT2D eigenvalue weighted by Gasteiger charge is 2.20. The van der Waals surface area contributed by atoms with Crippen LogP contribution in [-0.4, -0.2) is 16.8 Å². The first-order chi connectivity index (χ1) is 22.8. The van der Waals surface area contributed by atoms with Gasteiger partial charge in [0.05, 0.1) is 0 Å². The van der Waals surface area contributed by atoms with Gasteiger partial charge < -0.3 is 13.9 Å². The van der Waals surface area contributed by atoms with Gasteiger partial charge >= 0.3 is 0 Å². The molecule has 0 amide bonds. The summed E-state index contributed by atoms with van der Waals surface area (Å²) in [5.41, 5.74) is 12.4. The molecule has 8 aromatic rings. The fourth-order valence-corrected chi connectivity index (χ4v) is 6.35. The standard InChI is InChI=1S/C41H26N2O3/c1-2-8-40-34(7-1)35-20-27(11-14-41(35)46-40)26-9-12-38-36(21-26)37-22-28(10-13-39(37)45-25-44-38)31-17-32(29-5-3-15-42-23-29)19-33(18-31)30-6-4-16-43-24-30/h1-24H,25H2. The minimum Gasteiger partial charge on any atom is -0.457 e. The van der Waals surface area contributed by atoms with Gasteiger partial charge in [-0.3, -0.25) is 9.97 Å². The number of aromatic nitrogens is 2. The maximum atomic E-state index is 6.10. The number of rotatable bonds is 4. The van der Waals surface area contributed by atoms with Crippen LogP contribution in [0.25, 0.3) is 77.6 Å². The molecule has 0 saturated carbocycles. The summed E-state index contributed by atoms with van der Waals surface area (Å²) in [6.07, 6.45) is 7.39. The Hall–Kier alpha value is -6.20. The number of para-hydroxylation sites is 1. The molecule has 0 spiro atoms. The number of pyridine rings is 2. The summed E-state index contributed by atoms with van der Waals surface area (Å²) >= 11 is 0. The second kappa shape index (κ2) is 10.8. The van der Waals surface area contributed by atoms with E-state index in [0.29, 0.717) is 0 Å². The van der Waals surface area contributed by atoms with Crippen molar-refractivity contribution in [2.24, 2.45) is 0 Å². The van der Waals surface area contributed by atoms with Gasteiger partial charge in [-0.15, -0.1) is 0 Å². The molecule has 9 rings (SSSR count). The van der Waals surface area contributed by atoms with Gasteiger partial charge in [-0.2, -0.15) is 0 Å². The van der Waals surface area contributed by atoms with Gasteiger partial charge in [0, 0.05) is 57.8 Å². The van der Waals surface area contributed by atoms with E-state index in [1.54, 1.807) is 12.4 Å². The molecule has 0 unspecified atom stereocenters. The van der Waals surface area contributed by atoms with Crippen molar-refractivity contribution in [2.75, 3.05) is 6.79 Å². The Balaban J connectivity index is 1.18. The third kappa shape index (κ3) is 4.57. The molecule has 46 heavy (non-hydrogen) atoms. The molecule has 0 N–H and O–H groups in total. The van der Waals surface area contributed by atoms with Gasteiger partial charge in [0.25, 0.3) is 0 Å². The first kappa shape index (κ1) is 26.2. The van der Waals surface area contributed by atoms with Crippen LogP contribution in [0.5, 0.6) is 11.5 Å². The largest absolute Gasteiger partial charge is 0.457 e. The number of fused-ring (bicyclic) bond motifs is 6. The van der Waals surface area contributed by atoms with Crippen molar-refractivity contribution in [2.45, 2.75) is 0 Å². The van der Waals surface area contributed by atoms with E-state index in [9.17, 15) is 0 Å². The topological polar surface area (TPSA) is 57.4 Å². The zero-order valence-electron chi connectivity index (χ0n) is 24.7. The van der Waals surface area contributed by atoms with Crippen LogP contribution < -0.4 is 9.47 Å². The van der Waals surface area contributed by atoms with Crippen LogP contribution in [0.3, 0.4) is 0 Å². The Bertz CT molecular complexity index is 2340. The average molecular weight is 595 g/mol. The predicted molar refractivity (Wildman–Crippen MR) is 183 cm³/mol. The SMILES string of the molecule is c1cncc(-c2cc(-c3cccnc3)cc(-c3ccc4c(c3)-c3cc(-c5ccc6oc7ccccc7c6c5)ccc3OCO4)c2)c1. The number of ether oxygens (including phenoxy) is 2. The third-order valence-corrected chi connectivity index (χ3v) is 8.64. The summed E-state index contributed by atoms with van der Waals surface area (Å²) in [7, 11) is 0. The van der Waals surface area contributed by atoms with E-state index in [0.717, 1.165) is 89.1 Å². The van der Waals surface area contributed by atoms with E-state index >= 15 is 0 Å². The quantitative estimate of drug-likeness (QED) is 0.203. The molecule has 0 atom stereocenters. The molecule has 4 heterocycles. The number of furan rings is 1. The van der Waals surface area contributed by atoms with Crippen LogP contribution in [0, 0.1) is 0 Å². The molecule has 3 aromatic heterocycles. The van der Waals surface area contributed by atoms with Crippen molar-refractivity contribution < 1.29 is 13.9 Å². The lowest BCUT2D eigenvalue weighted by molar-refractivity contribution is 0.125. The number of hydrogen-bond donors (Lipinski definition) is 0. The zero-order chi connectivity index (χ0) is 30.5. The number of benzene rings is 5. The van der Waals surface area contributed by atoms with E-state index in [2.05, 4.69) is 88.8 Å². The molecule has 0 saturated heterocycles. The molecule has 218 valence electrons. The van der Waals surface area contributed by atoms with Crippen molar-refractivity contribution in [3.8, 4) is 67.1 Å². The fourth-order valence-electron chi connectivity index (χ4n) is 6.35. The summed E-state index contributed by atoms with van der Waals surface area (Å²) in [5, 5.41) is 2.21. The van der Waals surface area contributed by atoms with Crippen molar-refractivity contribution in [3.63, 3.8) is 0 Å². The summed E-state index contributed by atoms with van der Waals surface area (Å²) in [5.74, 6) is 1.57. The number of nitrogens with zero attached hydrogens (tertiary/aromatic N) is 2. The third-order valence-electron chi connectivity index (χ3n) is 8.64. The van der Waals surface area contributed by atoms with Crippen LogP contribution in [0.15, 0.2) is 151 Å². The number of hydrogen-bond acceptors (Lipinski definition) is 5. The van der Waals surface area contributed by atoms with E-state index in [1.807, 2.05) is 54.9 Å². The van der Waals surface area contributed by atoms with E-state index in [1.165, 1.54) is 0 Å². The lowest BCUT2D eigenvalue weighted by atomic mass is 9.91. The first-order valence-electron chi connectivity index (χ1n) is 15.2. The van der Waals surface area contributed by atoms with Gasteiger partial charge in [-0.25, -0.2) is 0 Å². The molecule has 1 aliphatic heterocycles. The van der Waals surface area contributed by atoms with E-state index < -0.39 is 0 Å². The molecular weight excluding hydrogens is 568 g/mol. The lowest BCUT2D eigenvalue weighted by Crippen LogP contribution is -2.03. The zero-order valence-corrected chi connectivity index (χ0v) is 24.7. The van der Waals surface area contributed by atoms with Crippen LogP contribution in [0.4, 0.5) is 0 Å². The molecule has 5 heteroatoms. The lowest BCUT2D eigenvalue weighted by Gasteiger charge is -2.14. The average Bonchev–Trinajstić information content (AvgIpc) is 3.40. The van der Waals surface area contributed by atoms with Crippen molar-refractivity contribution >= 4 is 21.9 Å². The van der Waals surface area contributed by atoms with Crippen LogP contribution in [0.1, 0.15) is 0 Å². The predicted octanol–water partition coefficient (Wildman–Crippen LogP) is 10.4. The highest BCUT2D eigenvalue weighted by Crippen LogP contribution is 2.44. The Morgan fingerprint density at radius 2 is 0.957 bits per heavy atom. The van der Waals surface area contributed by atoms with Gasteiger partial charge in [0.2, 0.25) is 6.79 Å². The van der Waals surface area contributed by atoms with E-state index in [4.69, 9.17) is 13.9 Å². The van der Waals surface area contributed by atoms with Crippen molar-refractivity contribution in [1.82, 2.24) is 9.97 Å². The fraction of sp³-hybridized carbons (Fsp3) is 0.0244. The molecule has 0 aliphatic carbocycles. The molecule has 5 aromatic carbocycles. The van der Waals surface area contributed by atoms with Gasteiger partial charge in [0.15, 0.2) is 0 Å². The minimum absolute atomic E-state index is 0.146. The van der Waals surface area contributed by atoms with E-state index in [-0.39, 0.29) is 6.79 Å². The summed E-state index contributed by atoms with van der Waals surface area (Å²) in [6, 6.07) is 42.0. The first-order valence-corrected chi connectivity index (χ1v) is 15.2. The van der Waals surface area contributed by atoms with Crippen LogP contribution >= 0.6 is 0 Å². The van der Waals surface area contributed by atoms with Crippen LogP contribution in [0.2, 0.25) is 0 Å². The highest BCUT2D eigenvalue weighted by atomic mass is 16.7. The molecule has 0 radical (unpaired) electrons. The molecule has 0 fully saturated rings. The Kier molecular flexibility index (Phi) is 6.13. The summed E-state index contributed by atoms with van der Waals surface area (Å²) < 4.78 is 18.3. The maximum absolute atomic E-state index is 6.10. The van der Waals surface area contributed by atoms with Gasteiger partial charge in [0.1, 0.15) is 22.7 Å². The van der Waals surface area contributed by atoms with Gasteiger partial charge in [-0.05, 0) is 106 Å². The summed E-state index contributed by atoms with van der Waals surface area (Å²) in [4.78, 5) is 8.75. The minimum atomic E-state index is 0.146. The summed E-state index contributed by atoms with van der Waals surface area (Å²) in [6.45, 7) is 0.146. The Morgan fingerprint density at radius 3 is 1.59 bits per heavy atom. The monoisotopic (exact) mass is 594 g/mol. The smallest absolute Gasteiger partial charge is 0.230 e. The second-order valence-electron chi connectivity index (χ2n) is 11.4. The Morgan fingerprint density at radius 1 is 0.413 bits per heavy atom. The molecule has 5 nitrogen and oxygen atoms in total. The van der Waals surface area contributed by atoms with Crippen molar-refractivity contribution in [3.05, 3.63) is 146 Å². The van der Waals surface area contributed by atoms with Gasteiger partial charge in [-0.1, -0.05) is 48.5 Å². The van der Waals surface area contributed by atoms with Crippen molar-refractivity contribution in [1.29, 1.82) is 0 Å². The Labute approximate surface area is 265 Å². The molecule has 0 bridgehead atoms. The highest BCUT2D eigenvalue weighted by molar-refractivity contribution is 6.06. The second-order valence-corrected chi connectivity index (χ2v) is 11.4. The maximum Gasteiger partial charge on any atom is 0.230 e. The molecular formula is C41H26N2O3. The molecule has 1 aliphatic rings. The van der Waals surface area contributed by atoms with Crippen LogP contribution in [-0.2, 0) is 0 Å². The normalized spacial score (nSPS) is 12.2.